The number of allylic oxidation sites excluding steroid dienone is 2. The number of carbonyl (C=O) groups excluding carboxylic acids is 1. The first kappa shape index (κ1) is 13.3. The number of hydrogen-bond acceptors (Lipinski definition) is 4. The molecule has 0 N–H and O–H groups in total. The van der Waals surface area contributed by atoms with Crippen LogP contribution in [-0.4, -0.2) is 15.8 Å². The van der Waals surface area contributed by atoms with Crippen molar-refractivity contribution in [2.45, 2.75) is 45.7 Å². The highest BCUT2D eigenvalue weighted by molar-refractivity contribution is 8.03. The molecule has 4 heteroatoms. The molecule has 1 aromatic heterocycles. The minimum Gasteiger partial charge on any atom is -0.295 e. The van der Waals surface area contributed by atoms with E-state index in [-0.39, 0.29) is 11.2 Å². The maximum atomic E-state index is 11.7. The fourth-order valence-corrected chi connectivity index (χ4v) is 3.48. The zero-order valence-corrected chi connectivity index (χ0v) is 12.1. The van der Waals surface area contributed by atoms with Gasteiger partial charge in [-0.15, -0.1) is 0 Å². The second-order valence-corrected chi connectivity index (χ2v) is 6.72. The summed E-state index contributed by atoms with van der Waals surface area (Å²) < 4.78 is 0. The van der Waals surface area contributed by atoms with Crippen molar-refractivity contribution in [1.29, 1.82) is 0 Å². The van der Waals surface area contributed by atoms with Crippen molar-refractivity contribution in [3.8, 4) is 0 Å². The number of aromatic nitrogens is 2. The first-order valence-corrected chi connectivity index (χ1v) is 6.89. The first-order chi connectivity index (χ1) is 8.34. The fraction of sp³-hybridized carbons (Fsp3) is 0.500. The monoisotopic (exact) mass is 262 g/mol. The molecule has 1 heterocycles. The van der Waals surface area contributed by atoms with Gasteiger partial charge in [0.05, 0.1) is 0 Å². The van der Waals surface area contributed by atoms with E-state index in [4.69, 9.17) is 0 Å². The van der Waals surface area contributed by atoms with Gasteiger partial charge < -0.3 is 0 Å². The average Bonchev–Trinajstić information content (AvgIpc) is 2.10. The molecule has 1 aliphatic carbocycles. The van der Waals surface area contributed by atoms with Gasteiger partial charge in [-0.25, -0.2) is 9.97 Å². The van der Waals surface area contributed by atoms with Gasteiger partial charge in [-0.3, -0.25) is 4.79 Å². The number of nitrogens with zero attached hydrogens (tertiary/aromatic N) is 2. The normalized spacial score (nSPS) is 18.7. The molecule has 0 bridgehead atoms. The van der Waals surface area contributed by atoms with Crippen molar-refractivity contribution in [3.05, 3.63) is 28.4 Å². The molecule has 0 saturated carbocycles. The summed E-state index contributed by atoms with van der Waals surface area (Å²) in [7, 11) is 0. The minimum atomic E-state index is 0.0486. The number of ketones is 1. The Morgan fingerprint density at radius 2 is 1.78 bits per heavy atom. The Morgan fingerprint density at radius 3 is 2.33 bits per heavy atom. The summed E-state index contributed by atoms with van der Waals surface area (Å²) in [4.78, 5) is 21.6. The number of carbonyl (C=O) groups is 1. The molecule has 0 fully saturated rings. The van der Waals surface area contributed by atoms with Crippen molar-refractivity contribution in [3.63, 3.8) is 0 Å². The maximum absolute atomic E-state index is 11.7. The molecule has 3 nitrogen and oxygen atoms in total. The molecule has 0 unspecified atom stereocenters. The van der Waals surface area contributed by atoms with Gasteiger partial charge in [-0.1, -0.05) is 25.6 Å². The zero-order chi connectivity index (χ0) is 13.3. The highest BCUT2D eigenvalue weighted by Gasteiger charge is 2.28. The van der Waals surface area contributed by atoms with Crippen molar-refractivity contribution < 1.29 is 4.79 Å². The second-order valence-electron chi connectivity index (χ2n) is 5.63. The molecule has 0 spiro atoms. The van der Waals surface area contributed by atoms with Crippen molar-refractivity contribution in [1.82, 2.24) is 9.97 Å². The van der Waals surface area contributed by atoms with Crippen LogP contribution < -0.4 is 0 Å². The highest BCUT2D eigenvalue weighted by Crippen LogP contribution is 2.40. The zero-order valence-electron chi connectivity index (χ0n) is 11.3. The Balaban J connectivity index is 2.21. The van der Waals surface area contributed by atoms with Gasteiger partial charge in [0.25, 0.3) is 0 Å². The molecule has 0 amide bonds. The molecule has 2 rings (SSSR count). The summed E-state index contributed by atoms with van der Waals surface area (Å²) in [6.45, 7) is 8.17. The largest absolute Gasteiger partial charge is 0.295 e. The molecule has 0 atom stereocenters. The summed E-state index contributed by atoms with van der Waals surface area (Å²) in [5.74, 6) is 0.207. The standard InChI is InChI=1S/C14H18N2OS/c1-9-5-10(2)16-13(15-9)18-12-6-11(17)7-14(3,4)8-12/h5-6H,7-8H2,1-4H3. The van der Waals surface area contributed by atoms with Crippen LogP contribution in [0.5, 0.6) is 0 Å². The third-order valence-electron chi connectivity index (χ3n) is 2.81. The molecule has 1 aromatic rings. The summed E-state index contributed by atoms with van der Waals surface area (Å²) in [5.41, 5.74) is 1.98. The van der Waals surface area contributed by atoms with E-state index in [1.54, 1.807) is 6.08 Å². The summed E-state index contributed by atoms with van der Waals surface area (Å²) in [6, 6.07) is 1.95. The molecular formula is C14H18N2OS. The molecule has 0 aliphatic heterocycles. The maximum Gasteiger partial charge on any atom is 0.192 e. The minimum absolute atomic E-state index is 0.0486. The van der Waals surface area contributed by atoms with E-state index >= 15 is 0 Å². The van der Waals surface area contributed by atoms with Gasteiger partial charge in [0.2, 0.25) is 0 Å². The van der Waals surface area contributed by atoms with E-state index in [0.717, 1.165) is 27.9 Å². The van der Waals surface area contributed by atoms with Crippen molar-refractivity contribution >= 4 is 17.5 Å². The summed E-state index contributed by atoms with van der Waals surface area (Å²) in [5, 5.41) is 0.740. The lowest BCUT2D eigenvalue weighted by Crippen LogP contribution is -2.21. The van der Waals surface area contributed by atoms with Crippen molar-refractivity contribution in [2.75, 3.05) is 0 Å². The van der Waals surface area contributed by atoms with E-state index in [0.29, 0.717) is 6.42 Å². The molecule has 96 valence electrons. The fourth-order valence-electron chi connectivity index (χ4n) is 2.21. The van der Waals surface area contributed by atoms with Crippen LogP contribution in [0.15, 0.2) is 22.2 Å². The van der Waals surface area contributed by atoms with Crippen LogP contribution in [0.4, 0.5) is 0 Å². The Hall–Kier alpha value is -1.16. The summed E-state index contributed by atoms with van der Waals surface area (Å²) >= 11 is 1.52. The van der Waals surface area contributed by atoms with Crippen LogP contribution in [0.2, 0.25) is 0 Å². The lowest BCUT2D eigenvalue weighted by atomic mass is 9.80. The predicted molar refractivity (Wildman–Crippen MR) is 73.5 cm³/mol. The second kappa shape index (κ2) is 4.84. The third kappa shape index (κ3) is 3.42. The van der Waals surface area contributed by atoms with Gasteiger partial charge in [0.15, 0.2) is 10.9 Å². The van der Waals surface area contributed by atoms with Crippen LogP contribution >= 0.6 is 11.8 Å². The lowest BCUT2D eigenvalue weighted by Gasteiger charge is -2.28. The van der Waals surface area contributed by atoms with E-state index in [9.17, 15) is 4.79 Å². The number of thioether (sulfide) groups is 1. The van der Waals surface area contributed by atoms with Crippen LogP contribution in [0, 0.1) is 19.3 Å². The summed E-state index contributed by atoms with van der Waals surface area (Å²) in [6.07, 6.45) is 3.29. The Labute approximate surface area is 112 Å². The van der Waals surface area contributed by atoms with Crippen LogP contribution in [0.25, 0.3) is 0 Å². The number of hydrogen-bond donors (Lipinski definition) is 0. The number of rotatable bonds is 2. The molecule has 0 radical (unpaired) electrons. The SMILES string of the molecule is Cc1cc(C)nc(SC2=CC(=O)CC(C)(C)C2)n1. The van der Waals surface area contributed by atoms with E-state index in [2.05, 4.69) is 23.8 Å². The topological polar surface area (TPSA) is 42.9 Å². The lowest BCUT2D eigenvalue weighted by molar-refractivity contribution is -0.116. The Morgan fingerprint density at radius 1 is 1.17 bits per heavy atom. The van der Waals surface area contributed by atoms with Gasteiger partial charge in [-0.2, -0.15) is 0 Å². The van der Waals surface area contributed by atoms with Gasteiger partial charge >= 0.3 is 0 Å². The average molecular weight is 262 g/mol. The van der Waals surface area contributed by atoms with Crippen LogP contribution in [0.3, 0.4) is 0 Å². The van der Waals surface area contributed by atoms with E-state index in [1.807, 2.05) is 19.9 Å². The van der Waals surface area contributed by atoms with Crippen LogP contribution in [-0.2, 0) is 4.79 Å². The van der Waals surface area contributed by atoms with E-state index in [1.165, 1.54) is 11.8 Å². The molecule has 1 aliphatic rings. The molecule has 0 aromatic carbocycles. The highest BCUT2D eigenvalue weighted by atomic mass is 32.2. The smallest absolute Gasteiger partial charge is 0.192 e. The van der Waals surface area contributed by atoms with E-state index < -0.39 is 0 Å². The van der Waals surface area contributed by atoms with Gasteiger partial charge in [-0.05, 0) is 42.7 Å². The predicted octanol–water partition coefficient (Wildman–Crippen LogP) is 3.46. The van der Waals surface area contributed by atoms with Gasteiger partial charge in [0.1, 0.15) is 0 Å². The molecule has 18 heavy (non-hydrogen) atoms. The van der Waals surface area contributed by atoms with Crippen molar-refractivity contribution in [2.24, 2.45) is 5.41 Å². The molecular weight excluding hydrogens is 244 g/mol. The number of aryl methyl sites for hydroxylation is 2. The van der Waals surface area contributed by atoms with Gasteiger partial charge in [0, 0.05) is 17.8 Å². The Bertz CT molecular complexity index is 500. The molecule has 0 saturated heterocycles. The first-order valence-electron chi connectivity index (χ1n) is 6.08. The quantitative estimate of drug-likeness (QED) is 0.766. The van der Waals surface area contributed by atoms with Crippen LogP contribution in [0.1, 0.15) is 38.1 Å². The third-order valence-corrected chi connectivity index (χ3v) is 3.70. The Kier molecular flexibility index (Phi) is 3.57.